The van der Waals surface area contributed by atoms with E-state index in [0.717, 1.165) is 0 Å². The Morgan fingerprint density at radius 3 is 2.82 bits per heavy atom. The number of carboxylic acids is 1. The molecule has 17 heavy (non-hydrogen) atoms. The molecule has 0 unspecified atom stereocenters. The topological polar surface area (TPSA) is 90.1 Å². The Kier molecular flexibility index (Phi) is 3.19. The second kappa shape index (κ2) is 4.78. The van der Waals surface area contributed by atoms with Crippen molar-refractivity contribution in [1.82, 2.24) is 10.2 Å². The van der Waals surface area contributed by atoms with Gasteiger partial charge in [0.1, 0.15) is 6.07 Å². The zero-order valence-electron chi connectivity index (χ0n) is 9.20. The maximum Gasteiger partial charge on any atom is 0.306 e. The summed E-state index contributed by atoms with van der Waals surface area (Å²) in [7, 11) is 0. The molecule has 0 atom stereocenters. The molecule has 0 radical (unpaired) electrons. The number of anilines is 1. The fraction of sp³-hybridized carbons (Fsp3) is 0.455. The van der Waals surface area contributed by atoms with E-state index in [1.54, 1.807) is 6.07 Å². The minimum Gasteiger partial charge on any atom is -0.481 e. The predicted octanol–water partition coefficient (Wildman–Crippen LogP) is 0.649. The van der Waals surface area contributed by atoms with Crippen molar-refractivity contribution in [2.75, 3.05) is 18.0 Å². The number of carboxylic acid groups (broad SMARTS) is 1. The van der Waals surface area contributed by atoms with Crippen LogP contribution in [0.4, 0.5) is 5.82 Å². The molecule has 2 rings (SSSR count). The number of nitriles is 1. The molecule has 1 aromatic heterocycles. The van der Waals surface area contributed by atoms with E-state index >= 15 is 0 Å². The Labute approximate surface area is 98.5 Å². The molecule has 0 saturated carbocycles. The normalized spacial score (nSPS) is 16.5. The first-order valence-electron chi connectivity index (χ1n) is 5.42. The summed E-state index contributed by atoms with van der Waals surface area (Å²) in [6.45, 7) is 1.20. The molecule has 0 bridgehead atoms. The number of aromatic nitrogens is 2. The van der Waals surface area contributed by atoms with Crippen LogP contribution in [0.2, 0.25) is 0 Å². The van der Waals surface area contributed by atoms with Crippen molar-refractivity contribution < 1.29 is 9.90 Å². The highest BCUT2D eigenvalue weighted by Crippen LogP contribution is 2.23. The second-order valence-corrected chi connectivity index (χ2v) is 3.98. The molecule has 1 aliphatic rings. The summed E-state index contributed by atoms with van der Waals surface area (Å²) in [4.78, 5) is 12.7. The summed E-state index contributed by atoms with van der Waals surface area (Å²) >= 11 is 0. The highest BCUT2D eigenvalue weighted by atomic mass is 16.4. The van der Waals surface area contributed by atoms with Crippen LogP contribution < -0.4 is 4.90 Å². The summed E-state index contributed by atoms with van der Waals surface area (Å²) < 4.78 is 0. The monoisotopic (exact) mass is 232 g/mol. The van der Waals surface area contributed by atoms with Crippen LogP contribution in [0.25, 0.3) is 0 Å². The number of hydrogen-bond acceptors (Lipinski definition) is 5. The van der Waals surface area contributed by atoms with Crippen molar-refractivity contribution in [1.29, 1.82) is 5.26 Å². The largest absolute Gasteiger partial charge is 0.481 e. The van der Waals surface area contributed by atoms with Crippen molar-refractivity contribution in [3.8, 4) is 6.07 Å². The van der Waals surface area contributed by atoms with Crippen LogP contribution in [0.5, 0.6) is 0 Å². The lowest BCUT2D eigenvalue weighted by Crippen LogP contribution is -2.37. The maximum absolute atomic E-state index is 10.8. The van der Waals surface area contributed by atoms with Gasteiger partial charge in [0.25, 0.3) is 0 Å². The van der Waals surface area contributed by atoms with Gasteiger partial charge in [-0.3, -0.25) is 4.79 Å². The smallest absolute Gasteiger partial charge is 0.306 e. The number of carbonyl (C=O) groups is 1. The number of nitrogens with zero attached hydrogens (tertiary/aromatic N) is 4. The van der Waals surface area contributed by atoms with E-state index in [0.29, 0.717) is 37.3 Å². The van der Waals surface area contributed by atoms with Crippen LogP contribution in [0, 0.1) is 17.2 Å². The first-order valence-corrected chi connectivity index (χ1v) is 5.42. The van der Waals surface area contributed by atoms with E-state index in [4.69, 9.17) is 10.4 Å². The standard InChI is InChI=1S/C11H12N4O2/c12-7-9-1-4-13-14-10(9)15-5-2-8(3-6-15)11(16)17/h1,4,8H,2-3,5-6H2,(H,16,17). The second-order valence-electron chi connectivity index (χ2n) is 3.98. The van der Waals surface area contributed by atoms with E-state index < -0.39 is 5.97 Å². The third-order valence-corrected chi connectivity index (χ3v) is 2.97. The van der Waals surface area contributed by atoms with Crippen molar-refractivity contribution in [2.45, 2.75) is 12.8 Å². The Morgan fingerprint density at radius 1 is 1.53 bits per heavy atom. The molecule has 1 fully saturated rings. The molecular formula is C11H12N4O2. The lowest BCUT2D eigenvalue weighted by Gasteiger charge is -2.30. The summed E-state index contributed by atoms with van der Waals surface area (Å²) in [5.74, 6) is -0.475. The van der Waals surface area contributed by atoms with E-state index in [-0.39, 0.29) is 5.92 Å². The molecule has 1 N–H and O–H groups in total. The Morgan fingerprint density at radius 2 is 2.24 bits per heavy atom. The summed E-state index contributed by atoms with van der Waals surface area (Å²) in [5, 5.41) is 25.6. The molecule has 1 aromatic rings. The summed E-state index contributed by atoms with van der Waals surface area (Å²) in [6.07, 6.45) is 2.64. The average Bonchev–Trinajstić information content (AvgIpc) is 2.39. The fourth-order valence-electron chi connectivity index (χ4n) is 1.98. The summed E-state index contributed by atoms with van der Waals surface area (Å²) in [5.41, 5.74) is 0.480. The lowest BCUT2D eigenvalue weighted by atomic mass is 9.97. The summed E-state index contributed by atoms with van der Waals surface area (Å²) in [6, 6.07) is 3.68. The van der Waals surface area contributed by atoms with Crippen LogP contribution in [0.3, 0.4) is 0 Å². The van der Waals surface area contributed by atoms with Crippen molar-refractivity contribution >= 4 is 11.8 Å². The van der Waals surface area contributed by atoms with Gasteiger partial charge in [0.2, 0.25) is 0 Å². The van der Waals surface area contributed by atoms with E-state index in [1.165, 1.54) is 6.20 Å². The number of aliphatic carboxylic acids is 1. The first-order chi connectivity index (χ1) is 8.22. The molecule has 1 aliphatic heterocycles. The molecule has 0 aromatic carbocycles. The van der Waals surface area contributed by atoms with Gasteiger partial charge in [-0.05, 0) is 18.9 Å². The number of piperidine rings is 1. The molecule has 6 heteroatoms. The van der Waals surface area contributed by atoms with E-state index in [2.05, 4.69) is 16.3 Å². The molecule has 0 amide bonds. The van der Waals surface area contributed by atoms with Gasteiger partial charge in [-0.1, -0.05) is 0 Å². The van der Waals surface area contributed by atoms with Gasteiger partial charge in [-0.2, -0.15) is 10.4 Å². The zero-order valence-corrected chi connectivity index (χ0v) is 9.20. The molecule has 0 aliphatic carbocycles. The van der Waals surface area contributed by atoms with Crippen molar-refractivity contribution in [3.63, 3.8) is 0 Å². The molecule has 88 valence electrons. The molecule has 6 nitrogen and oxygen atoms in total. The van der Waals surface area contributed by atoms with Crippen LogP contribution >= 0.6 is 0 Å². The Hall–Kier alpha value is -2.16. The quantitative estimate of drug-likeness (QED) is 0.805. The van der Waals surface area contributed by atoms with Gasteiger partial charge >= 0.3 is 5.97 Å². The van der Waals surface area contributed by atoms with Crippen molar-refractivity contribution in [2.24, 2.45) is 5.92 Å². The maximum atomic E-state index is 10.8. The van der Waals surface area contributed by atoms with Gasteiger partial charge in [-0.15, -0.1) is 5.10 Å². The zero-order chi connectivity index (χ0) is 12.3. The highest BCUT2D eigenvalue weighted by Gasteiger charge is 2.26. The minimum absolute atomic E-state index is 0.284. The van der Waals surface area contributed by atoms with Gasteiger partial charge in [0, 0.05) is 13.1 Å². The fourth-order valence-corrected chi connectivity index (χ4v) is 1.98. The van der Waals surface area contributed by atoms with Gasteiger partial charge in [-0.25, -0.2) is 0 Å². The predicted molar refractivity (Wildman–Crippen MR) is 59.3 cm³/mol. The van der Waals surface area contributed by atoms with Crippen LogP contribution in [0.1, 0.15) is 18.4 Å². The molecule has 2 heterocycles. The van der Waals surface area contributed by atoms with Crippen LogP contribution in [0.15, 0.2) is 12.3 Å². The first kappa shape index (κ1) is 11.3. The lowest BCUT2D eigenvalue weighted by molar-refractivity contribution is -0.142. The minimum atomic E-state index is -0.746. The van der Waals surface area contributed by atoms with E-state index in [9.17, 15) is 4.79 Å². The third kappa shape index (κ3) is 2.33. The number of rotatable bonds is 2. The SMILES string of the molecule is N#Cc1ccnnc1N1CCC(C(=O)O)CC1. The van der Waals surface area contributed by atoms with Crippen LogP contribution in [-0.2, 0) is 4.79 Å². The van der Waals surface area contributed by atoms with Crippen molar-refractivity contribution in [3.05, 3.63) is 17.8 Å². The Balaban J connectivity index is 2.11. The molecule has 0 spiro atoms. The number of hydrogen-bond donors (Lipinski definition) is 1. The Bertz CT molecular complexity index is 461. The van der Waals surface area contributed by atoms with Gasteiger partial charge < -0.3 is 10.0 Å². The highest BCUT2D eigenvalue weighted by molar-refractivity contribution is 5.70. The molecular weight excluding hydrogens is 220 g/mol. The van der Waals surface area contributed by atoms with E-state index in [1.807, 2.05) is 4.90 Å². The van der Waals surface area contributed by atoms with Gasteiger partial charge in [0.15, 0.2) is 5.82 Å². The average molecular weight is 232 g/mol. The van der Waals surface area contributed by atoms with Gasteiger partial charge in [0.05, 0.1) is 17.7 Å². The third-order valence-electron chi connectivity index (χ3n) is 2.97. The molecule has 1 saturated heterocycles. The van der Waals surface area contributed by atoms with Crippen LogP contribution in [-0.4, -0.2) is 34.4 Å².